The Morgan fingerprint density at radius 2 is 1.85 bits per heavy atom. The van der Waals surface area contributed by atoms with Crippen LogP contribution >= 0.6 is 0 Å². The van der Waals surface area contributed by atoms with Gasteiger partial charge in [0.2, 0.25) is 0 Å². The standard InChI is InChI=1S/C18H19NO/c1-12-5-7-14(8-6-12)15-4-2-3-13-9-10-17(19)18(20)11-16(13)15/h2-8,17H,9-11,19H2,1H3. The lowest BCUT2D eigenvalue weighted by Gasteiger charge is -2.12. The Bertz CT molecular complexity index is 643. The van der Waals surface area contributed by atoms with Crippen LogP contribution in [0.15, 0.2) is 42.5 Å². The number of carbonyl (C=O) groups excluding carboxylic acids is 1. The largest absolute Gasteiger partial charge is 0.321 e. The summed E-state index contributed by atoms with van der Waals surface area (Å²) in [5, 5.41) is 0. The Balaban J connectivity index is 2.10. The number of Topliss-reactive ketones (excluding diaryl/α,β-unsaturated/α-hetero) is 1. The molecule has 2 aromatic carbocycles. The molecule has 2 nitrogen and oxygen atoms in total. The third-order valence-corrected chi connectivity index (χ3v) is 4.12. The van der Waals surface area contributed by atoms with E-state index in [0.717, 1.165) is 18.4 Å². The number of hydrogen-bond donors (Lipinski definition) is 1. The van der Waals surface area contributed by atoms with Gasteiger partial charge in [-0.2, -0.15) is 0 Å². The fourth-order valence-corrected chi connectivity index (χ4v) is 2.86. The quantitative estimate of drug-likeness (QED) is 0.805. The van der Waals surface area contributed by atoms with Crippen molar-refractivity contribution in [2.24, 2.45) is 5.73 Å². The van der Waals surface area contributed by atoms with Crippen LogP contribution in [0.1, 0.15) is 23.1 Å². The van der Waals surface area contributed by atoms with E-state index in [-0.39, 0.29) is 11.8 Å². The van der Waals surface area contributed by atoms with E-state index < -0.39 is 0 Å². The number of rotatable bonds is 1. The first-order valence-electron chi connectivity index (χ1n) is 7.11. The topological polar surface area (TPSA) is 43.1 Å². The fraction of sp³-hybridized carbons (Fsp3) is 0.278. The molecule has 0 fully saturated rings. The van der Waals surface area contributed by atoms with E-state index in [1.165, 1.54) is 22.3 Å². The van der Waals surface area contributed by atoms with Crippen molar-refractivity contribution in [1.82, 2.24) is 0 Å². The Morgan fingerprint density at radius 1 is 1.10 bits per heavy atom. The minimum Gasteiger partial charge on any atom is -0.321 e. The number of benzene rings is 2. The van der Waals surface area contributed by atoms with Crippen LogP contribution in [0.5, 0.6) is 0 Å². The number of aryl methyl sites for hydroxylation is 2. The molecule has 0 amide bonds. The van der Waals surface area contributed by atoms with Crippen LogP contribution in [0.25, 0.3) is 11.1 Å². The van der Waals surface area contributed by atoms with Crippen molar-refractivity contribution in [2.75, 3.05) is 0 Å². The minimum atomic E-state index is -0.312. The van der Waals surface area contributed by atoms with Crippen molar-refractivity contribution < 1.29 is 4.79 Å². The van der Waals surface area contributed by atoms with Gasteiger partial charge < -0.3 is 5.73 Å². The highest BCUT2D eigenvalue weighted by Gasteiger charge is 2.22. The second-order valence-corrected chi connectivity index (χ2v) is 5.60. The van der Waals surface area contributed by atoms with Gasteiger partial charge in [0.1, 0.15) is 0 Å². The van der Waals surface area contributed by atoms with E-state index in [9.17, 15) is 4.79 Å². The summed E-state index contributed by atoms with van der Waals surface area (Å²) in [5.41, 5.74) is 11.9. The molecular formula is C18H19NO. The van der Waals surface area contributed by atoms with E-state index in [4.69, 9.17) is 5.73 Å². The zero-order valence-corrected chi connectivity index (χ0v) is 11.7. The molecule has 0 saturated carbocycles. The van der Waals surface area contributed by atoms with Crippen LogP contribution in [0, 0.1) is 6.92 Å². The van der Waals surface area contributed by atoms with Crippen LogP contribution < -0.4 is 5.73 Å². The van der Waals surface area contributed by atoms with E-state index in [1.54, 1.807) is 0 Å². The predicted molar refractivity (Wildman–Crippen MR) is 81.6 cm³/mol. The molecule has 1 aliphatic rings. The van der Waals surface area contributed by atoms with Crippen molar-refractivity contribution in [1.29, 1.82) is 0 Å². The average Bonchev–Trinajstić information content (AvgIpc) is 2.60. The number of fused-ring (bicyclic) bond motifs is 1. The zero-order chi connectivity index (χ0) is 14.1. The summed E-state index contributed by atoms with van der Waals surface area (Å²) < 4.78 is 0. The lowest BCUT2D eigenvalue weighted by molar-refractivity contribution is -0.119. The zero-order valence-electron chi connectivity index (χ0n) is 11.7. The summed E-state index contributed by atoms with van der Waals surface area (Å²) in [7, 11) is 0. The number of hydrogen-bond acceptors (Lipinski definition) is 2. The molecule has 102 valence electrons. The van der Waals surface area contributed by atoms with Gasteiger partial charge in [0.25, 0.3) is 0 Å². The first-order chi connectivity index (χ1) is 9.65. The van der Waals surface area contributed by atoms with Crippen LogP contribution in [-0.4, -0.2) is 11.8 Å². The first-order valence-corrected chi connectivity index (χ1v) is 7.11. The normalized spacial score (nSPS) is 18.5. The summed E-state index contributed by atoms with van der Waals surface area (Å²) in [6.07, 6.45) is 2.10. The lowest BCUT2D eigenvalue weighted by atomic mass is 9.92. The van der Waals surface area contributed by atoms with Crippen molar-refractivity contribution >= 4 is 5.78 Å². The maximum Gasteiger partial charge on any atom is 0.153 e. The second kappa shape index (κ2) is 5.22. The molecule has 0 saturated heterocycles. The van der Waals surface area contributed by atoms with E-state index in [1.807, 2.05) is 0 Å². The molecule has 1 unspecified atom stereocenters. The Morgan fingerprint density at radius 3 is 2.60 bits per heavy atom. The molecule has 0 bridgehead atoms. The van der Waals surface area contributed by atoms with Gasteiger partial charge in [-0.05, 0) is 42.0 Å². The average molecular weight is 265 g/mol. The van der Waals surface area contributed by atoms with Crippen molar-refractivity contribution in [2.45, 2.75) is 32.2 Å². The van der Waals surface area contributed by atoms with E-state index in [2.05, 4.69) is 49.4 Å². The molecule has 0 radical (unpaired) electrons. The molecule has 0 spiro atoms. The third kappa shape index (κ3) is 2.39. The van der Waals surface area contributed by atoms with E-state index in [0.29, 0.717) is 6.42 Å². The van der Waals surface area contributed by atoms with Crippen molar-refractivity contribution in [3.63, 3.8) is 0 Å². The SMILES string of the molecule is Cc1ccc(-c2cccc3c2CC(=O)C(N)CC3)cc1. The third-order valence-electron chi connectivity index (χ3n) is 4.12. The molecule has 20 heavy (non-hydrogen) atoms. The number of ketones is 1. The molecule has 1 atom stereocenters. The summed E-state index contributed by atoms with van der Waals surface area (Å²) in [6.45, 7) is 2.08. The smallest absolute Gasteiger partial charge is 0.153 e. The number of nitrogens with two attached hydrogens (primary N) is 1. The van der Waals surface area contributed by atoms with Crippen LogP contribution in [0.4, 0.5) is 0 Å². The van der Waals surface area contributed by atoms with Crippen molar-refractivity contribution in [3.05, 3.63) is 59.2 Å². The Labute approximate surface area is 119 Å². The van der Waals surface area contributed by atoms with Gasteiger partial charge in [0.15, 0.2) is 5.78 Å². The molecule has 0 heterocycles. The molecule has 2 N–H and O–H groups in total. The van der Waals surface area contributed by atoms with Crippen LogP contribution in [0.2, 0.25) is 0 Å². The minimum absolute atomic E-state index is 0.156. The molecule has 0 aromatic heterocycles. The van der Waals surface area contributed by atoms with Gasteiger partial charge in [-0.3, -0.25) is 4.79 Å². The Kier molecular flexibility index (Phi) is 3.41. The summed E-state index contributed by atoms with van der Waals surface area (Å²) in [5.74, 6) is 0.156. The van der Waals surface area contributed by atoms with Gasteiger partial charge in [-0.25, -0.2) is 0 Å². The maximum absolute atomic E-state index is 12.1. The fourth-order valence-electron chi connectivity index (χ4n) is 2.86. The van der Waals surface area contributed by atoms with Gasteiger partial charge in [-0.15, -0.1) is 0 Å². The summed E-state index contributed by atoms with van der Waals surface area (Å²) in [6, 6.07) is 14.5. The molecular weight excluding hydrogens is 246 g/mol. The van der Waals surface area contributed by atoms with Gasteiger partial charge in [0, 0.05) is 6.42 Å². The summed E-state index contributed by atoms with van der Waals surface area (Å²) >= 11 is 0. The van der Waals surface area contributed by atoms with Crippen LogP contribution in [-0.2, 0) is 17.6 Å². The van der Waals surface area contributed by atoms with E-state index >= 15 is 0 Å². The van der Waals surface area contributed by atoms with Crippen molar-refractivity contribution in [3.8, 4) is 11.1 Å². The van der Waals surface area contributed by atoms with Gasteiger partial charge in [0.05, 0.1) is 6.04 Å². The Hall–Kier alpha value is -1.93. The highest BCUT2D eigenvalue weighted by atomic mass is 16.1. The highest BCUT2D eigenvalue weighted by Crippen LogP contribution is 2.30. The molecule has 0 aliphatic heterocycles. The summed E-state index contributed by atoms with van der Waals surface area (Å²) in [4.78, 5) is 12.1. The monoisotopic (exact) mass is 265 g/mol. The first kappa shape index (κ1) is 13.1. The number of carbonyl (C=O) groups is 1. The van der Waals surface area contributed by atoms with Crippen LogP contribution in [0.3, 0.4) is 0 Å². The van der Waals surface area contributed by atoms with Gasteiger partial charge in [-0.1, -0.05) is 48.0 Å². The second-order valence-electron chi connectivity index (χ2n) is 5.60. The highest BCUT2D eigenvalue weighted by molar-refractivity contribution is 5.89. The molecule has 2 aromatic rings. The lowest BCUT2D eigenvalue weighted by Crippen LogP contribution is -2.30. The molecule has 2 heteroatoms. The predicted octanol–water partition coefficient (Wildman–Crippen LogP) is 3.05. The van der Waals surface area contributed by atoms with Gasteiger partial charge >= 0.3 is 0 Å². The molecule has 3 rings (SSSR count). The molecule has 1 aliphatic carbocycles. The maximum atomic E-state index is 12.1.